The molecule has 5 nitrogen and oxygen atoms in total. The van der Waals surface area contributed by atoms with Crippen LogP contribution in [0.15, 0.2) is 10.2 Å². The van der Waals surface area contributed by atoms with Crippen LogP contribution in [0.1, 0.15) is 47.0 Å². The topological polar surface area (TPSA) is 71.2 Å². The molecule has 0 radical (unpaired) electrons. The molecule has 0 saturated carbocycles. The normalized spacial score (nSPS) is 16.8. The molecule has 0 bridgehead atoms. The van der Waals surface area contributed by atoms with Crippen molar-refractivity contribution in [3.63, 3.8) is 0 Å². The van der Waals surface area contributed by atoms with Crippen molar-refractivity contribution in [2.45, 2.75) is 65.2 Å². The summed E-state index contributed by atoms with van der Waals surface area (Å²) >= 11 is 0. The summed E-state index contributed by atoms with van der Waals surface area (Å²) in [5.41, 5.74) is 0. The molecule has 0 saturated heterocycles. The molecular weight excluding hydrogens is 220 g/mol. The van der Waals surface area contributed by atoms with Gasteiger partial charge in [-0.3, -0.25) is 4.79 Å². The average molecular weight is 244 g/mol. The minimum atomic E-state index is -0.421. The third kappa shape index (κ3) is 8.80. The van der Waals surface area contributed by atoms with Gasteiger partial charge in [0.2, 0.25) is 0 Å². The van der Waals surface area contributed by atoms with Gasteiger partial charge in [-0.15, -0.1) is 0 Å². The van der Waals surface area contributed by atoms with Gasteiger partial charge in [0.05, 0.1) is 12.6 Å². The zero-order valence-corrected chi connectivity index (χ0v) is 11.2. The van der Waals surface area contributed by atoms with Gasteiger partial charge in [0, 0.05) is 6.92 Å². The van der Waals surface area contributed by atoms with Crippen molar-refractivity contribution in [3.05, 3.63) is 0 Å². The first-order valence-corrected chi connectivity index (χ1v) is 6.19. The van der Waals surface area contributed by atoms with Crippen molar-refractivity contribution >= 4 is 5.97 Å². The summed E-state index contributed by atoms with van der Waals surface area (Å²) in [5.74, 6) is -0.317. The predicted octanol–water partition coefficient (Wildman–Crippen LogP) is 2.33. The lowest BCUT2D eigenvalue weighted by molar-refractivity contribution is -0.146. The molecule has 1 unspecified atom stereocenters. The summed E-state index contributed by atoms with van der Waals surface area (Å²) < 4.78 is 4.98. The Balaban J connectivity index is 3.86. The highest BCUT2D eigenvalue weighted by Gasteiger charge is 2.14. The van der Waals surface area contributed by atoms with E-state index in [1.807, 2.05) is 6.92 Å². The van der Waals surface area contributed by atoms with E-state index in [2.05, 4.69) is 17.2 Å². The fourth-order valence-corrected chi connectivity index (χ4v) is 1.26. The molecule has 100 valence electrons. The summed E-state index contributed by atoms with van der Waals surface area (Å²) in [6.45, 7) is 7.37. The van der Waals surface area contributed by atoms with E-state index < -0.39 is 6.10 Å². The second-order valence-electron chi connectivity index (χ2n) is 4.29. The Bertz CT molecular complexity index is 244. The third-order valence-electron chi connectivity index (χ3n) is 2.48. The van der Waals surface area contributed by atoms with Crippen LogP contribution in [0.4, 0.5) is 0 Å². The Hall–Kier alpha value is -0.970. The van der Waals surface area contributed by atoms with E-state index >= 15 is 0 Å². The van der Waals surface area contributed by atoms with Gasteiger partial charge < -0.3 is 9.84 Å². The van der Waals surface area contributed by atoms with Crippen LogP contribution in [0.2, 0.25) is 0 Å². The molecule has 0 spiro atoms. The Kier molecular flexibility index (Phi) is 8.58. The van der Waals surface area contributed by atoms with Crippen LogP contribution in [-0.4, -0.2) is 35.9 Å². The lowest BCUT2D eigenvalue weighted by Gasteiger charge is -2.15. The maximum absolute atomic E-state index is 10.7. The Labute approximate surface area is 103 Å². The van der Waals surface area contributed by atoms with Crippen LogP contribution in [0.3, 0.4) is 0 Å². The number of unbranched alkanes of at least 4 members (excludes halogenated alkanes) is 1. The lowest BCUT2D eigenvalue weighted by atomic mass is 10.2. The fourth-order valence-electron chi connectivity index (χ4n) is 1.26. The summed E-state index contributed by atoms with van der Waals surface area (Å²) in [6.07, 6.45) is 2.10. The second kappa shape index (κ2) is 9.10. The van der Waals surface area contributed by atoms with Crippen LogP contribution in [0, 0.1) is 0 Å². The molecule has 0 aromatic heterocycles. The number of esters is 1. The molecular formula is C12H24N2O3. The van der Waals surface area contributed by atoms with Crippen LogP contribution >= 0.6 is 0 Å². The Morgan fingerprint density at radius 1 is 1.41 bits per heavy atom. The second-order valence-corrected chi connectivity index (χ2v) is 4.29. The number of carbonyl (C=O) groups excluding carboxylic acids is 1. The SMILES string of the molecule is CCCCC(O)CN=N[C@@H](C)[C@@H](C)OC(C)=O. The maximum atomic E-state index is 10.7. The van der Waals surface area contributed by atoms with Crippen LogP contribution in [0.5, 0.6) is 0 Å². The van der Waals surface area contributed by atoms with Gasteiger partial charge in [-0.1, -0.05) is 19.8 Å². The number of ether oxygens (including phenoxy) is 1. The van der Waals surface area contributed by atoms with Gasteiger partial charge >= 0.3 is 5.97 Å². The first kappa shape index (κ1) is 16.0. The third-order valence-corrected chi connectivity index (χ3v) is 2.48. The predicted molar refractivity (Wildman–Crippen MR) is 65.9 cm³/mol. The van der Waals surface area contributed by atoms with E-state index in [0.717, 1.165) is 19.3 Å². The van der Waals surface area contributed by atoms with Crippen molar-refractivity contribution in [1.29, 1.82) is 0 Å². The fraction of sp³-hybridized carbons (Fsp3) is 0.917. The monoisotopic (exact) mass is 244 g/mol. The van der Waals surface area contributed by atoms with Crippen molar-refractivity contribution < 1.29 is 14.6 Å². The van der Waals surface area contributed by atoms with E-state index in [1.165, 1.54) is 6.92 Å². The summed E-state index contributed by atoms with van der Waals surface area (Å²) in [7, 11) is 0. The molecule has 1 N–H and O–H groups in total. The zero-order valence-electron chi connectivity index (χ0n) is 11.2. The molecule has 0 amide bonds. The highest BCUT2D eigenvalue weighted by Crippen LogP contribution is 2.05. The molecule has 0 aliphatic carbocycles. The van der Waals surface area contributed by atoms with Crippen LogP contribution in [0.25, 0.3) is 0 Å². The molecule has 0 rings (SSSR count). The lowest BCUT2D eigenvalue weighted by Crippen LogP contribution is -2.23. The van der Waals surface area contributed by atoms with Crippen molar-refractivity contribution in [3.8, 4) is 0 Å². The van der Waals surface area contributed by atoms with E-state index in [9.17, 15) is 9.90 Å². The van der Waals surface area contributed by atoms with Crippen LogP contribution < -0.4 is 0 Å². The minimum absolute atomic E-state index is 0.183. The van der Waals surface area contributed by atoms with E-state index in [-0.39, 0.29) is 18.1 Å². The van der Waals surface area contributed by atoms with Gasteiger partial charge in [-0.05, 0) is 20.3 Å². The number of rotatable bonds is 8. The van der Waals surface area contributed by atoms with Crippen molar-refractivity contribution in [1.82, 2.24) is 0 Å². The largest absolute Gasteiger partial charge is 0.461 e. The number of azo groups is 1. The van der Waals surface area contributed by atoms with Crippen LogP contribution in [-0.2, 0) is 9.53 Å². The summed E-state index contributed by atoms with van der Waals surface area (Å²) in [6, 6.07) is -0.183. The van der Waals surface area contributed by atoms with Gasteiger partial charge in [0.15, 0.2) is 0 Å². The van der Waals surface area contributed by atoms with E-state index in [4.69, 9.17) is 4.74 Å². The average Bonchev–Trinajstić information content (AvgIpc) is 2.25. The van der Waals surface area contributed by atoms with Gasteiger partial charge in [-0.25, -0.2) is 0 Å². The highest BCUT2D eigenvalue weighted by molar-refractivity contribution is 5.66. The molecule has 5 heteroatoms. The van der Waals surface area contributed by atoms with Crippen molar-refractivity contribution in [2.75, 3.05) is 6.54 Å². The molecule has 0 aliphatic heterocycles. The van der Waals surface area contributed by atoms with E-state index in [1.54, 1.807) is 6.92 Å². The molecule has 0 fully saturated rings. The quantitative estimate of drug-likeness (QED) is 0.526. The zero-order chi connectivity index (χ0) is 13.3. The van der Waals surface area contributed by atoms with Gasteiger partial charge in [0.1, 0.15) is 12.1 Å². The molecule has 0 aliphatic rings. The molecule has 0 aromatic carbocycles. The Morgan fingerprint density at radius 3 is 2.59 bits per heavy atom. The van der Waals surface area contributed by atoms with Gasteiger partial charge in [-0.2, -0.15) is 10.2 Å². The molecule has 17 heavy (non-hydrogen) atoms. The summed E-state index contributed by atoms with van der Waals surface area (Å²) in [4.78, 5) is 10.7. The molecule has 0 heterocycles. The number of aliphatic hydroxyl groups excluding tert-OH is 1. The van der Waals surface area contributed by atoms with Crippen molar-refractivity contribution in [2.24, 2.45) is 10.2 Å². The number of carbonyl (C=O) groups is 1. The maximum Gasteiger partial charge on any atom is 0.302 e. The van der Waals surface area contributed by atoms with Gasteiger partial charge in [0.25, 0.3) is 0 Å². The highest BCUT2D eigenvalue weighted by atomic mass is 16.5. The smallest absolute Gasteiger partial charge is 0.302 e. The number of hydrogen-bond acceptors (Lipinski definition) is 5. The number of hydrogen-bond donors (Lipinski definition) is 1. The molecule has 3 atom stereocenters. The number of nitrogens with zero attached hydrogens (tertiary/aromatic N) is 2. The summed E-state index contributed by atoms with van der Waals surface area (Å²) in [5, 5.41) is 17.5. The standard InChI is InChI=1S/C12H24N2O3/c1-5-6-7-12(16)8-13-14-9(2)10(3)17-11(4)15/h9-10,12,16H,5-8H2,1-4H3/t9-,10+,12?/m0/s1. The first-order chi connectivity index (χ1) is 7.97. The first-order valence-electron chi connectivity index (χ1n) is 6.19. The molecule has 0 aromatic rings. The Morgan fingerprint density at radius 2 is 2.06 bits per heavy atom. The van der Waals surface area contributed by atoms with E-state index in [0.29, 0.717) is 6.54 Å². The number of aliphatic hydroxyl groups is 1. The minimum Gasteiger partial charge on any atom is -0.461 e.